The fourth-order valence-electron chi connectivity index (χ4n) is 3.28. The minimum Gasteiger partial charge on any atom is -0.496 e. The summed E-state index contributed by atoms with van der Waals surface area (Å²) in [5.41, 5.74) is -1.78. The number of hydrogen-bond acceptors (Lipinski definition) is 5. The van der Waals surface area contributed by atoms with Crippen LogP contribution in [0.15, 0.2) is 42.6 Å². The molecule has 6 nitrogen and oxygen atoms in total. The summed E-state index contributed by atoms with van der Waals surface area (Å²) in [6.07, 6.45) is -3.90. The van der Waals surface area contributed by atoms with E-state index in [1.54, 1.807) is 6.07 Å². The van der Waals surface area contributed by atoms with Gasteiger partial charge in [-0.3, -0.25) is 9.78 Å². The molecule has 176 valence electrons. The summed E-state index contributed by atoms with van der Waals surface area (Å²) in [6.45, 7) is 0. The molecule has 0 saturated carbocycles. The molecule has 0 radical (unpaired) electrons. The van der Waals surface area contributed by atoms with Crippen LogP contribution in [0.25, 0.3) is 11.1 Å². The van der Waals surface area contributed by atoms with Gasteiger partial charge in [0.2, 0.25) is 0 Å². The summed E-state index contributed by atoms with van der Waals surface area (Å²) in [6, 6.07) is 8.84. The second kappa shape index (κ2) is 9.57. The van der Waals surface area contributed by atoms with Crippen LogP contribution in [-0.4, -0.2) is 32.2 Å². The monoisotopic (exact) mass is 493 g/mol. The van der Waals surface area contributed by atoms with E-state index in [-0.39, 0.29) is 44.5 Å². The molecular weight excluding hydrogens is 478 g/mol. The molecule has 0 saturated heterocycles. The van der Waals surface area contributed by atoms with Crippen molar-refractivity contribution in [3.8, 4) is 28.7 Å². The highest BCUT2D eigenvalue weighted by atomic mass is 35.5. The maximum Gasteiger partial charge on any atom is 0.433 e. The molecule has 0 bridgehead atoms. The topological polar surface area (TPSA) is 75.5 Å². The van der Waals surface area contributed by atoms with Gasteiger partial charge in [0.1, 0.15) is 22.9 Å². The molecule has 3 rings (SSSR count). The van der Waals surface area contributed by atoms with Crippen molar-refractivity contribution in [2.24, 2.45) is 0 Å². The van der Waals surface area contributed by atoms with Gasteiger partial charge in [-0.2, -0.15) is 18.4 Å². The minimum absolute atomic E-state index is 0.00224. The molecule has 0 aliphatic rings. The molecule has 34 heavy (non-hydrogen) atoms. The average Bonchev–Trinajstić information content (AvgIpc) is 2.81. The molecule has 1 amide bonds. The van der Waals surface area contributed by atoms with Crippen LogP contribution in [0, 0.1) is 17.1 Å². The lowest BCUT2D eigenvalue weighted by Crippen LogP contribution is -2.28. The van der Waals surface area contributed by atoms with E-state index < -0.39 is 23.6 Å². The Labute approximate surface area is 196 Å². The van der Waals surface area contributed by atoms with E-state index >= 15 is 0 Å². The van der Waals surface area contributed by atoms with E-state index in [2.05, 4.69) is 4.98 Å². The largest absolute Gasteiger partial charge is 0.496 e. The first-order valence-corrected chi connectivity index (χ1v) is 9.87. The van der Waals surface area contributed by atoms with Gasteiger partial charge in [-0.05, 0) is 24.3 Å². The predicted octanol–water partition coefficient (Wildman–Crippen LogP) is 5.73. The predicted molar refractivity (Wildman–Crippen MR) is 117 cm³/mol. The van der Waals surface area contributed by atoms with E-state index in [0.717, 1.165) is 17.2 Å². The van der Waals surface area contributed by atoms with Gasteiger partial charge in [-0.25, -0.2) is 4.39 Å². The van der Waals surface area contributed by atoms with Crippen molar-refractivity contribution in [1.82, 2.24) is 4.98 Å². The zero-order valence-electron chi connectivity index (χ0n) is 18.0. The molecule has 0 unspecified atom stereocenters. The number of ether oxygens (including phenoxy) is 2. The second-order valence-corrected chi connectivity index (χ2v) is 7.32. The van der Waals surface area contributed by atoms with E-state index in [4.69, 9.17) is 21.1 Å². The van der Waals surface area contributed by atoms with E-state index in [0.29, 0.717) is 6.07 Å². The zero-order chi connectivity index (χ0) is 25.2. The van der Waals surface area contributed by atoms with Gasteiger partial charge >= 0.3 is 6.18 Å². The smallest absolute Gasteiger partial charge is 0.433 e. The van der Waals surface area contributed by atoms with Gasteiger partial charge in [-0.15, -0.1) is 0 Å². The molecule has 0 spiro atoms. The summed E-state index contributed by atoms with van der Waals surface area (Å²) in [4.78, 5) is 17.7. The number of pyridine rings is 1. The van der Waals surface area contributed by atoms with Gasteiger partial charge in [0.25, 0.3) is 5.91 Å². The van der Waals surface area contributed by atoms with Gasteiger partial charge < -0.3 is 14.4 Å². The van der Waals surface area contributed by atoms with Gasteiger partial charge in [0.15, 0.2) is 5.82 Å². The van der Waals surface area contributed by atoms with Crippen molar-refractivity contribution in [1.29, 1.82) is 5.26 Å². The lowest BCUT2D eigenvalue weighted by molar-refractivity contribution is -0.141. The van der Waals surface area contributed by atoms with Crippen LogP contribution < -0.4 is 14.4 Å². The van der Waals surface area contributed by atoms with Crippen LogP contribution in [0.1, 0.15) is 21.6 Å². The van der Waals surface area contributed by atoms with E-state index in [1.165, 1.54) is 45.5 Å². The summed E-state index contributed by atoms with van der Waals surface area (Å²) in [5, 5.41) is 9.42. The van der Waals surface area contributed by atoms with Crippen molar-refractivity contribution < 1.29 is 31.8 Å². The molecule has 1 aromatic heterocycles. The molecule has 11 heteroatoms. The molecule has 0 aliphatic heterocycles. The first-order chi connectivity index (χ1) is 16.0. The Hall–Kier alpha value is -3.84. The van der Waals surface area contributed by atoms with Crippen molar-refractivity contribution in [3.05, 3.63) is 70.3 Å². The van der Waals surface area contributed by atoms with Crippen molar-refractivity contribution in [2.45, 2.75) is 6.18 Å². The maximum absolute atomic E-state index is 14.5. The van der Waals surface area contributed by atoms with Crippen LogP contribution in [-0.2, 0) is 6.18 Å². The molecule has 0 fully saturated rings. The highest BCUT2D eigenvalue weighted by molar-refractivity contribution is 6.34. The standard InChI is InChI=1S/C23H16ClF4N3O3/c1-31(21-17(25)5-4-6-18(21)33-2)22(32)14-8-13(16(24)9-19(14)34-3)15-11-30-20(23(26,27)28)7-12(15)10-29/h4-9,11H,1-3H3. The Kier molecular flexibility index (Phi) is 6.98. The molecule has 2 aromatic carbocycles. The molecule has 3 aromatic rings. The Morgan fingerprint density at radius 2 is 1.79 bits per heavy atom. The number of hydrogen-bond donors (Lipinski definition) is 0. The van der Waals surface area contributed by atoms with Crippen LogP contribution in [0.4, 0.5) is 23.2 Å². The number of para-hydroxylation sites is 1. The highest BCUT2D eigenvalue weighted by Crippen LogP contribution is 2.39. The number of halogens is 5. The molecule has 1 heterocycles. The fourth-order valence-corrected chi connectivity index (χ4v) is 3.54. The number of methoxy groups -OCH3 is 2. The third kappa shape index (κ3) is 4.61. The van der Waals surface area contributed by atoms with Crippen molar-refractivity contribution in [3.63, 3.8) is 0 Å². The SMILES string of the molecule is COc1cc(Cl)c(-c2cnc(C(F)(F)F)cc2C#N)cc1C(=O)N(C)c1c(F)cccc1OC. The number of amides is 1. The maximum atomic E-state index is 14.5. The Morgan fingerprint density at radius 1 is 1.12 bits per heavy atom. The van der Waals surface area contributed by atoms with Crippen LogP contribution in [0.2, 0.25) is 5.02 Å². The number of anilines is 1. The Morgan fingerprint density at radius 3 is 2.38 bits per heavy atom. The van der Waals surface area contributed by atoms with Crippen molar-refractivity contribution >= 4 is 23.2 Å². The third-order valence-corrected chi connectivity index (χ3v) is 5.25. The van der Waals surface area contributed by atoms with Crippen LogP contribution in [0.5, 0.6) is 11.5 Å². The fraction of sp³-hybridized carbons (Fsp3) is 0.174. The molecular formula is C23H16ClF4N3O3. The average molecular weight is 494 g/mol. The van der Waals surface area contributed by atoms with E-state index in [1.807, 2.05) is 0 Å². The van der Waals surface area contributed by atoms with Crippen molar-refractivity contribution in [2.75, 3.05) is 26.2 Å². The van der Waals surface area contributed by atoms with Gasteiger partial charge in [-0.1, -0.05) is 17.7 Å². The first-order valence-electron chi connectivity index (χ1n) is 9.49. The Bertz CT molecular complexity index is 1310. The number of nitriles is 1. The minimum atomic E-state index is -4.75. The number of aromatic nitrogens is 1. The van der Waals surface area contributed by atoms with Crippen LogP contribution in [0.3, 0.4) is 0 Å². The Balaban J connectivity index is 2.17. The first kappa shape index (κ1) is 24.8. The molecule has 0 N–H and O–H groups in total. The third-order valence-electron chi connectivity index (χ3n) is 4.93. The van der Waals surface area contributed by atoms with Gasteiger partial charge in [0, 0.05) is 30.4 Å². The quantitative estimate of drug-likeness (QED) is 0.425. The van der Waals surface area contributed by atoms with E-state index in [9.17, 15) is 27.6 Å². The number of rotatable bonds is 5. The summed E-state index contributed by atoms with van der Waals surface area (Å²) < 4.78 is 64.0. The lowest BCUT2D eigenvalue weighted by Gasteiger charge is -2.22. The van der Waals surface area contributed by atoms with Crippen LogP contribution >= 0.6 is 11.6 Å². The molecule has 0 aliphatic carbocycles. The number of nitrogens with zero attached hydrogens (tertiary/aromatic N) is 3. The zero-order valence-corrected chi connectivity index (χ0v) is 18.8. The normalized spacial score (nSPS) is 11.0. The number of carbonyl (C=O) groups excluding carboxylic acids is 1. The number of benzene rings is 2. The summed E-state index contributed by atoms with van der Waals surface area (Å²) in [5.74, 6) is -1.32. The molecule has 0 atom stereocenters. The lowest BCUT2D eigenvalue weighted by atomic mass is 9.98. The summed E-state index contributed by atoms with van der Waals surface area (Å²) in [7, 11) is 3.92. The number of alkyl halides is 3. The van der Waals surface area contributed by atoms with Gasteiger partial charge in [0.05, 0.1) is 36.4 Å². The highest BCUT2D eigenvalue weighted by Gasteiger charge is 2.33. The second-order valence-electron chi connectivity index (χ2n) is 6.91. The summed E-state index contributed by atoms with van der Waals surface area (Å²) >= 11 is 6.30. The number of carbonyl (C=O) groups is 1.